The van der Waals surface area contributed by atoms with Crippen LogP contribution in [0.15, 0.2) is 22.7 Å². The van der Waals surface area contributed by atoms with Crippen molar-refractivity contribution in [2.45, 2.75) is 19.9 Å². The van der Waals surface area contributed by atoms with Gasteiger partial charge < -0.3 is 19.9 Å². The molecule has 0 saturated heterocycles. The highest BCUT2D eigenvalue weighted by molar-refractivity contribution is 6.33. The number of carbonyl (C=O) groups excluding carboxylic acids is 1. The number of amides is 2. The Hall–Kier alpha value is -2.28. The van der Waals surface area contributed by atoms with Gasteiger partial charge in [0.05, 0.1) is 17.8 Å². The maximum atomic E-state index is 11.9. The first-order valence-electron chi connectivity index (χ1n) is 6.21. The van der Waals surface area contributed by atoms with E-state index in [4.69, 9.17) is 20.9 Å². The van der Waals surface area contributed by atoms with Gasteiger partial charge in [0.1, 0.15) is 11.8 Å². The topological polar surface area (TPSA) is 89.3 Å². The van der Waals surface area contributed by atoms with Gasteiger partial charge in [0.25, 0.3) is 0 Å². The zero-order valence-electron chi connectivity index (χ0n) is 11.8. The lowest BCUT2D eigenvalue weighted by atomic mass is 10.3. The first-order valence-corrected chi connectivity index (χ1v) is 6.58. The molecule has 2 amide bonds. The molecular formula is C13H15ClN4O3. The number of halogens is 1. The van der Waals surface area contributed by atoms with E-state index in [2.05, 4.69) is 20.8 Å². The molecular weight excluding hydrogens is 296 g/mol. The second-order valence-electron chi connectivity index (χ2n) is 4.35. The molecule has 21 heavy (non-hydrogen) atoms. The summed E-state index contributed by atoms with van der Waals surface area (Å²) in [6, 6.07) is 4.13. The van der Waals surface area contributed by atoms with Crippen LogP contribution < -0.4 is 15.4 Å². The van der Waals surface area contributed by atoms with Gasteiger partial charge in [-0.2, -0.15) is 4.98 Å². The molecule has 0 bridgehead atoms. The van der Waals surface area contributed by atoms with Crippen molar-refractivity contribution in [2.24, 2.45) is 0 Å². The van der Waals surface area contributed by atoms with Gasteiger partial charge in [-0.1, -0.05) is 16.8 Å². The number of benzene rings is 1. The molecule has 0 aliphatic heterocycles. The Morgan fingerprint density at radius 3 is 2.81 bits per heavy atom. The van der Waals surface area contributed by atoms with Crippen molar-refractivity contribution in [1.29, 1.82) is 0 Å². The first kappa shape index (κ1) is 15.1. The molecule has 1 atom stereocenters. The smallest absolute Gasteiger partial charge is 0.319 e. The molecule has 112 valence electrons. The van der Waals surface area contributed by atoms with Gasteiger partial charge in [-0.05, 0) is 26.0 Å². The van der Waals surface area contributed by atoms with Gasteiger partial charge in [-0.15, -0.1) is 0 Å². The van der Waals surface area contributed by atoms with Crippen molar-refractivity contribution in [3.63, 3.8) is 0 Å². The summed E-state index contributed by atoms with van der Waals surface area (Å²) in [6.45, 7) is 3.44. The summed E-state index contributed by atoms with van der Waals surface area (Å²) in [6.07, 6.45) is 0. The van der Waals surface area contributed by atoms with E-state index in [0.29, 0.717) is 28.2 Å². The van der Waals surface area contributed by atoms with E-state index in [-0.39, 0.29) is 0 Å². The number of anilines is 1. The van der Waals surface area contributed by atoms with E-state index in [1.807, 2.05) is 0 Å². The number of methoxy groups -OCH3 is 1. The van der Waals surface area contributed by atoms with Crippen molar-refractivity contribution in [1.82, 2.24) is 15.5 Å². The highest BCUT2D eigenvalue weighted by Gasteiger charge is 2.16. The average molecular weight is 311 g/mol. The van der Waals surface area contributed by atoms with Gasteiger partial charge in [0, 0.05) is 6.07 Å². The number of nitrogens with zero attached hydrogens (tertiary/aromatic N) is 2. The normalized spacial score (nSPS) is 11.8. The van der Waals surface area contributed by atoms with Crippen LogP contribution in [0.2, 0.25) is 5.02 Å². The van der Waals surface area contributed by atoms with Crippen LogP contribution in [0.1, 0.15) is 24.7 Å². The lowest BCUT2D eigenvalue weighted by Gasteiger charge is -2.12. The Balaban J connectivity index is 1.98. The van der Waals surface area contributed by atoms with Crippen molar-refractivity contribution in [2.75, 3.05) is 12.4 Å². The fourth-order valence-corrected chi connectivity index (χ4v) is 1.85. The molecule has 1 aromatic heterocycles. The monoisotopic (exact) mass is 310 g/mol. The third kappa shape index (κ3) is 3.85. The van der Waals surface area contributed by atoms with Crippen LogP contribution in [-0.4, -0.2) is 23.3 Å². The summed E-state index contributed by atoms with van der Waals surface area (Å²) in [5.74, 6) is 1.46. The zero-order valence-corrected chi connectivity index (χ0v) is 12.6. The second-order valence-corrected chi connectivity index (χ2v) is 4.75. The number of urea groups is 1. The van der Waals surface area contributed by atoms with Crippen molar-refractivity contribution in [3.8, 4) is 5.75 Å². The minimum absolute atomic E-state index is 0.337. The molecule has 0 saturated carbocycles. The Morgan fingerprint density at radius 2 is 2.24 bits per heavy atom. The summed E-state index contributed by atoms with van der Waals surface area (Å²) in [7, 11) is 1.54. The van der Waals surface area contributed by atoms with Crippen LogP contribution in [-0.2, 0) is 0 Å². The lowest BCUT2D eigenvalue weighted by molar-refractivity contribution is 0.245. The van der Waals surface area contributed by atoms with E-state index >= 15 is 0 Å². The molecule has 7 nitrogen and oxygen atoms in total. The maximum Gasteiger partial charge on any atom is 0.319 e. The van der Waals surface area contributed by atoms with Crippen LogP contribution in [0.3, 0.4) is 0 Å². The van der Waals surface area contributed by atoms with Gasteiger partial charge >= 0.3 is 6.03 Å². The van der Waals surface area contributed by atoms with Gasteiger partial charge in [-0.3, -0.25) is 0 Å². The molecule has 0 aliphatic rings. The summed E-state index contributed by atoms with van der Waals surface area (Å²) in [5.41, 5.74) is 0.476. The SMILES string of the molecule is COc1ccc(NC(=O)N[C@H](C)c2nc(C)no2)c(Cl)c1. The van der Waals surface area contributed by atoms with Gasteiger partial charge in [0.15, 0.2) is 5.82 Å². The number of hydrogen-bond donors (Lipinski definition) is 2. The Bertz CT molecular complexity index is 644. The summed E-state index contributed by atoms with van der Waals surface area (Å²) < 4.78 is 10.0. The van der Waals surface area contributed by atoms with E-state index in [1.165, 1.54) is 0 Å². The van der Waals surface area contributed by atoms with E-state index in [9.17, 15) is 4.79 Å². The number of rotatable bonds is 4. The number of aryl methyl sites for hydroxylation is 1. The van der Waals surface area contributed by atoms with Crippen LogP contribution in [0.5, 0.6) is 5.75 Å². The molecule has 1 aromatic carbocycles. The van der Waals surface area contributed by atoms with Crippen LogP contribution >= 0.6 is 11.6 Å². The number of nitrogens with one attached hydrogen (secondary N) is 2. The van der Waals surface area contributed by atoms with Crippen molar-refractivity contribution in [3.05, 3.63) is 34.9 Å². The Morgan fingerprint density at radius 1 is 1.48 bits per heavy atom. The fraction of sp³-hybridized carbons (Fsp3) is 0.308. The molecule has 0 aliphatic carbocycles. The second kappa shape index (κ2) is 6.45. The van der Waals surface area contributed by atoms with Gasteiger partial charge in [-0.25, -0.2) is 4.79 Å². The minimum Gasteiger partial charge on any atom is -0.497 e. The molecule has 0 fully saturated rings. The molecule has 2 N–H and O–H groups in total. The highest BCUT2D eigenvalue weighted by atomic mass is 35.5. The molecule has 0 radical (unpaired) electrons. The predicted molar refractivity (Wildman–Crippen MR) is 77.6 cm³/mol. The van der Waals surface area contributed by atoms with E-state index in [0.717, 1.165) is 0 Å². The third-order valence-corrected chi connectivity index (χ3v) is 3.00. The van der Waals surface area contributed by atoms with E-state index < -0.39 is 12.1 Å². The number of ether oxygens (including phenoxy) is 1. The third-order valence-electron chi connectivity index (χ3n) is 2.69. The number of aromatic nitrogens is 2. The lowest BCUT2D eigenvalue weighted by Crippen LogP contribution is -2.31. The quantitative estimate of drug-likeness (QED) is 0.906. The molecule has 8 heteroatoms. The molecule has 2 rings (SSSR count). The first-order chi connectivity index (χ1) is 9.99. The molecule has 0 unspecified atom stereocenters. The zero-order chi connectivity index (χ0) is 15.4. The summed E-state index contributed by atoms with van der Waals surface area (Å²) >= 11 is 6.05. The maximum absolute atomic E-state index is 11.9. The number of hydrogen-bond acceptors (Lipinski definition) is 5. The minimum atomic E-state index is -0.426. The summed E-state index contributed by atoms with van der Waals surface area (Å²) in [4.78, 5) is 16.0. The average Bonchev–Trinajstić information content (AvgIpc) is 2.87. The predicted octanol–water partition coefficient (Wildman–Crippen LogP) is 2.92. The highest BCUT2D eigenvalue weighted by Crippen LogP contribution is 2.26. The largest absolute Gasteiger partial charge is 0.497 e. The van der Waals surface area contributed by atoms with Crippen LogP contribution in [0, 0.1) is 6.92 Å². The van der Waals surface area contributed by atoms with Crippen molar-refractivity contribution < 1.29 is 14.1 Å². The van der Waals surface area contributed by atoms with Crippen molar-refractivity contribution >= 4 is 23.3 Å². The standard InChI is InChI=1S/C13H15ClN4O3/c1-7(12-16-8(2)18-21-12)15-13(19)17-11-5-4-9(20-3)6-10(11)14/h4-7H,1-3H3,(H2,15,17,19)/t7-/m1/s1. The van der Waals surface area contributed by atoms with E-state index in [1.54, 1.807) is 39.2 Å². The van der Waals surface area contributed by atoms with Crippen LogP contribution in [0.25, 0.3) is 0 Å². The fourth-order valence-electron chi connectivity index (χ4n) is 1.63. The summed E-state index contributed by atoms with van der Waals surface area (Å²) in [5, 5.41) is 9.37. The Labute approximate surface area is 126 Å². The number of carbonyl (C=O) groups is 1. The molecule has 2 aromatic rings. The molecule has 1 heterocycles. The Kier molecular flexibility index (Phi) is 4.64. The molecule has 0 spiro atoms. The van der Waals surface area contributed by atoms with Crippen LogP contribution in [0.4, 0.5) is 10.5 Å². The van der Waals surface area contributed by atoms with Gasteiger partial charge in [0.2, 0.25) is 5.89 Å².